The summed E-state index contributed by atoms with van der Waals surface area (Å²) >= 11 is 6.89. The number of fused-ring (bicyclic) bond motifs is 1. The molecule has 1 aromatic heterocycles. The van der Waals surface area contributed by atoms with Crippen molar-refractivity contribution in [3.05, 3.63) is 15.0 Å². The smallest absolute Gasteiger partial charge is 0.139 e. The van der Waals surface area contributed by atoms with Gasteiger partial charge in [0.05, 0.1) is 0 Å². The van der Waals surface area contributed by atoms with Gasteiger partial charge >= 0.3 is 0 Å². The van der Waals surface area contributed by atoms with Gasteiger partial charge in [0.25, 0.3) is 0 Å². The maximum absolute atomic E-state index is 4.38. The quantitative estimate of drug-likeness (QED) is 0.714. The first-order valence-electron chi connectivity index (χ1n) is 3.69. The molecule has 2 nitrogen and oxygen atoms in total. The monoisotopic (exact) mass is 278 g/mol. The highest BCUT2D eigenvalue weighted by atomic mass is 79.9. The molecule has 0 fully saturated rings. The van der Waals surface area contributed by atoms with Crippen LogP contribution in [0.25, 0.3) is 0 Å². The zero-order valence-corrected chi connectivity index (χ0v) is 9.15. The van der Waals surface area contributed by atoms with E-state index in [-0.39, 0.29) is 0 Å². The van der Waals surface area contributed by atoms with Gasteiger partial charge in [0.2, 0.25) is 0 Å². The Morgan fingerprint density at radius 2 is 2.09 bits per heavy atom. The van der Waals surface area contributed by atoms with Gasteiger partial charge in [0.1, 0.15) is 15.0 Å². The van der Waals surface area contributed by atoms with E-state index in [0.717, 1.165) is 22.2 Å². The van der Waals surface area contributed by atoms with E-state index >= 15 is 0 Å². The first-order chi connectivity index (χ1) is 5.29. The standard InChI is InChI=1S/C7H8Br2N2/c8-6-7(9)11-4-2-1-3-5(11)10-6/h1-4H2. The van der Waals surface area contributed by atoms with Gasteiger partial charge in [-0.1, -0.05) is 0 Å². The predicted molar refractivity (Wildman–Crippen MR) is 50.6 cm³/mol. The molecule has 0 aliphatic carbocycles. The molecule has 11 heavy (non-hydrogen) atoms. The van der Waals surface area contributed by atoms with E-state index in [4.69, 9.17) is 0 Å². The lowest BCUT2D eigenvalue weighted by Crippen LogP contribution is -2.10. The van der Waals surface area contributed by atoms with Crippen molar-refractivity contribution in [1.82, 2.24) is 9.55 Å². The molecule has 4 heteroatoms. The largest absolute Gasteiger partial charge is 0.322 e. The fraction of sp³-hybridized carbons (Fsp3) is 0.571. The van der Waals surface area contributed by atoms with E-state index in [9.17, 15) is 0 Å². The van der Waals surface area contributed by atoms with E-state index in [1.807, 2.05) is 0 Å². The van der Waals surface area contributed by atoms with Crippen LogP contribution in [-0.2, 0) is 13.0 Å². The van der Waals surface area contributed by atoms with Crippen LogP contribution in [0.15, 0.2) is 9.21 Å². The summed E-state index contributed by atoms with van der Waals surface area (Å²) in [7, 11) is 0. The van der Waals surface area contributed by atoms with E-state index in [2.05, 4.69) is 41.4 Å². The molecule has 0 amide bonds. The van der Waals surface area contributed by atoms with Crippen LogP contribution in [0.2, 0.25) is 0 Å². The van der Waals surface area contributed by atoms with Gasteiger partial charge in [-0.25, -0.2) is 4.98 Å². The molecular formula is C7H8Br2N2. The second kappa shape index (κ2) is 2.90. The summed E-state index contributed by atoms with van der Waals surface area (Å²) in [6, 6.07) is 0. The summed E-state index contributed by atoms with van der Waals surface area (Å²) in [5, 5.41) is 0. The lowest BCUT2D eigenvalue weighted by atomic mass is 10.2. The summed E-state index contributed by atoms with van der Waals surface area (Å²) in [5.74, 6) is 1.20. The molecule has 0 unspecified atom stereocenters. The third kappa shape index (κ3) is 1.26. The molecule has 0 saturated carbocycles. The number of rotatable bonds is 0. The number of aromatic nitrogens is 2. The van der Waals surface area contributed by atoms with E-state index in [0.29, 0.717) is 0 Å². The molecule has 1 aliphatic heterocycles. The Balaban J connectivity index is 2.50. The van der Waals surface area contributed by atoms with E-state index in [1.165, 1.54) is 18.7 Å². The Bertz CT molecular complexity index is 280. The van der Waals surface area contributed by atoms with Gasteiger partial charge in [-0.3, -0.25) is 0 Å². The number of halogens is 2. The van der Waals surface area contributed by atoms with Crippen LogP contribution >= 0.6 is 31.9 Å². The van der Waals surface area contributed by atoms with Crippen molar-refractivity contribution in [2.75, 3.05) is 0 Å². The first-order valence-corrected chi connectivity index (χ1v) is 5.28. The second-order valence-electron chi connectivity index (χ2n) is 2.72. The normalized spacial score (nSPS) is 16.5. The van der Waals surface area contributed by atoms with Crippen LogP contribution in [0, 0.1) is 0 Å². The van der Waals surface area contributed by atoms with Crippen LogP contribution in [0.5, 0.6) is 0 Å². The molecule has 0 bridgehead atoms. The zero-order chi connectivity index (χ0) is 7.84. The van der Waals surface area contributed by atoms with Gasteiger partial charge in [0, 0.05) is 13.0 Å². The lowest BCUT2D eigenvalue weighted by molar-refractivity contribution is 0.516. The van der Waals surface area contributed by atoms with E-state index in [1.54, 1.807) is 0 Å². The van der Waals surface area contributed by atoms with Crippen LogP contribution in [-0.4, -0.2) is 9.55 Å². The minimum atomic E-state index is 0.939. The van der Waals surface area contributed by atoms with Crippen LogP contribution in [0.4, 0.5) is 0 Å². The molecule has 1 aliphatic rings. The Morgan fingerprint density at radius 3 is 2.82 bits per heavy atom. The van der Waals surface area contributed by atoms with E-state index < -0.39 is 0 Å². The summed E-state index contributed by atoms with van der Waals surface area (Å²) in [4.78, 5) is 4.38. The maximum Gasteiger partial charge on any atom is 0.139 e. The fourth-order valence-electron chi connectivity index (χ4n) is 1.42. The van der Waals surface area contributed by atoms with Gasteiger partial charge in [-0.15, -0.1) is 0 Å². The summed E-state index contributed by atoms with van der Waals surface area (Å²) < 4.78 is 4.26. The van der Waals surface area contributed by atoms with Gasteiger partial charge in [-0.2, -0.15) is 0 Å². The Hall–Kier alpha value is 0.170. The summed E-state index contributed by atoms with van der Waals surface area (Å²) in [6.07, 6.45) is 3.66. The van der Waals surface area contributed by atoms with Crippen LogP contribution in [0.3, 0.4) is 0 Å². The Labute approximate surface area is 82.3 Å². The average Bonchev–Trinajstić information content (AvgIpc) is 2.30. The number of nitrogens with zero attached hydrogens (tertiary/aromatic N) is 2. The van der Waals surface area contributed by atoms with Crippen LogP contribution in [0.1, 0.15) is 18.7 Å². The molecule has 2 rings (SSSR count). The van der Waals surface area contributed by atoms with Crippen molar-refractivity contribution in [2.45, 2.75) is 25.8 Å². The van der Waals surface area contributed by atoms with Crippen molar-refractivity contribution in [3.8, 4) is 0 Å². The van der Waals surface area contributed by atoms with Crippen molar-refractivity contribution >= 4 is 31.9 Å². The number of imidazole rings is 1. The van der Waals surface area contributed by atoms with Crippen molar-refractivity contribution in [1.29, 1.82) is 0 Å². The average molecular weight is 280 g/mol. The number of hydrogen-bond acceptors (Lipinski definition) is 1. The predicted octanol–water partition coefficient (Wildman–Crippen LogP) is 2.74. The maximum atomic E-state index is 4.38. The fourth-order valence-corrected chi connectivity index (χ4v) is 2.30. The molecule has 0 radical (unpaired) electrons. The van der Waals surface area contributed by atoms with Gasteiger partial charge < -0.3 is 4.57 Å². The summed E-state index contributed by atoms with van der Waals surface area (Å²) in [5.41, 5.74) is 0. The molecule has 0 aromatic carbocycles. The molecule has 0 spiro atoms. The van der Waals surface area contributed by atoms with Crippen molar-refractivity contribution in [3.63, 3.8) is 0 Å². The Kier molecular flexibility index (Phi) is 2.06. The lowest BCUT2D eigenvalue weighted by Gasteiger charge is -2.13. The minimum absolute atomic E-state index is 0.939. The number of hydrogen-bond donors (Lipinski definition) is 0. The van der Waals surface area contributed by atoms with Gasteiger partial charge in [-0.05, 0) is 44.7 Å². The molecule has 2 heterocycles. The molecule has 0 N–H and O–H groups in total. The van der Waals surface area contributed by atoms with Crippen molar-refractivity contribution in [2.24, 2.45) is 0 Å². The summed E-state index contributed by atoms with van der Waals surface area (Å²) in [6.45, 7) is 1.11. The SMILES string of the molecule is Brc1nc2n(c1Br)CCCC2. The van der Waals surface area contributed by atoms with Crippen LogP contribution < -0.4 is 0 Å². The Morgan fingerprint density at radius 1 is 1.27 bits per heavy atom. The van der Waals surface area contributed by atoms with Crippen molar-refractivity contribution < 1.29 is 0 Å². The second-order valence-corrected chi connectivity index (χ2v) is 4.22. The van der Waals surface area contributed by atoms with Gasteiger partial charge in [0.15, 0.2) is 0 Å². The third-order valence-electron chi connectivity index (χ3n) is 1.98. The molecular weight excluding hydrogens is 272 g/mol. The molecule has 0 saturated heterocycles. The minimum Gasteiger partial charge on any atom is -0.322 e. The topological polar surface area (TPSA) is 17.8 Å². The highest BCUT2D eigenvalue weighted by Gasteiger charge is 2.15. The highest BCUT2D eigenvalue weighted by molar-refractivity contribution is 9.13. The zero-order valence-electron chi connectivity index (χ0n) is 5.98. The third-order valence-corrected chi connectivity index (χ3v) is 3.87. The number of aryl methyl sites for hydroxylation is 1. The molecule has 1 aromatic rings. The first kappa shape index (κ1) is 7.80. The molecule has 0 atom stereocenters. The highest BCUT2D eigenvalue weighted by Crippen LogP contribution is 2.27. The molecule has 60 valence electrons.